The van der Waals surface area contributed by atoms with Crippen LogP contribution in [0.3, 0.4) is 0 Å². The van der Waals surface area contributed by atoms with Gasteiger partial charge in [-0.2, -0.15) is 0 Å². The molecule has 0 aromatic carbocycles. The summed E-state index contributed by atoms with van der Waals surface area (Å²) in [6.07, 6.45) is 88.6. The molecule has 1 amide bonds. The van der Waals surface area contributed by atoms with Crippen molar-refractivity contribution in [3.8, 4) is 0 Å². The van der Waals surface area contributed by atoms with Gasteiger partial charge in [0.15, 0.2) is 6.29 Å². The van der Waals surface area contributed by atoms with Gasteiger partial charge in [0.1, 0.15) is 24.4 Å². The van der Waals surface area contributed by atoms with Gasteiger partial charge in [0.05, 0.1) is 25.4 Å². The number of allylic oxidation sites excluding steroid dienone is 19. The molecule has 7 atom stereocenters. The van der Waals surface area contributed by atoms with Crippen molar-refractivity contribution in [2.75, 3.05) is 13.2 Å². The Hall–Kier alpha value is -3.41. The molecule has 0 saturated carbocycles. The highest BCUT2D eigenvalue weighted by Crippen LogP contribution is 2.23. The molecule has 1 aliphatic rings. The monoisotopic (exact) mass is 1190 g/mol. The van der Waals surface area contributed by atoms with E-state index >= 15 is 0 Å². The lowest BCUT2D eigenvalue weighted by Gasteiger charge is -2.40. The van der Waals surface area contributed by atoms with Crippen LogP contribution in [0.5, 0.6) is 0 Å². The number of amides is 1. The molecule has 1 heterocycles. The quantitative estimate of drug-likeness (QED) is 0.0261. The number of aliphatic hydroxyl groups excluding tert-OH is 5. The zero-order valence-corrected chi connectivity index (χ0v) is 54.6. The molecule has 1 fully saturated rings. The standard InChI is InChI=1S/C76H131NO8/c1-3-5-7-9-11-13-15-17-19-21-23-25-27-29-31-33-34-35-36-38-40-42-44-46-48-50-52-54-56-58-60-62-64-66-72(80)77-69(68-84-76-75(83)74(82)73(81)71(67-78)85-76)70(79)65-63-61-59-57-55-53-51-49-47-45-43-41-39-37-32-30-28-26-24-22-20-18-16-14-12-10-8-6-4-2/h5,7,11,13,17,19,23,25,29,31,34-35,38,40,44,46,50,52,63,65,69-71,73-76,78-79,81-83H,3-4,6,8-10,12,14-16,18,20-22,24,26-28,30,32-33,36-37,39,41-43,45,47-49,51,53-62,64,66-68H2,1-2H3,(H,77,80)/b7-5-,13-11-,19-17-,25-23-,31-29-,35-34-,40-38-,46-44-,52-50-,65-63+. The number of nitrogens with one attached hydrogen (secondary N) is 1. The van der Waals surface area contributed by atoms with Crippen molar-refractivity contribution in [1.82, 2.24) is 5.32 Å². The summed E-state index contributed by atoms with van der Waals surface area (Å²) in [5, 5.41) is 54.8. The summed E-state index contributed by atoms with van der Waals surface area (Å²) in [5.74, 6) is -0.197. The van der Waals surface area contributed by atoms with Crippen molar-refractivity contribution in [2.45, 2.75) is 339 Å². The van der Waals surface area contributed by atoms with Gasteiger partial charge in [0.25, 0.3) is 0 Å². The maximum atomic E-state index is 13.1. The summed E-state index contributed by atoms with van der Waals surface area (Å²) >= 11 is 0. The molecule has 488 valence electrons. The Balaban J connectivity index is 2.19. The molecular formula is C76H131NO8. The zero-order chi connectivity index (χ0) is 61.4. The predicted molar refractivity (Wildman–Crippen MR) is 364 cm³/mol. The Kier molecular flexibility index (Phi) is 59.6. The van der Waals surface area contributed by atoms with E-state index in [9.17, 15) is 30.3 Å². The first kappa shape index (κ1) is 79.6. The maximum Gasteiger partial charge on any atom is 0.220 e. The Morgan fingerprint density at radius 1 is 0.412 bits per heavy atom. The minimum atomic E-state index is -1.58. The molecular weight excluding hydrogens is 1050 g/mol. The van der Waals surface area contributed by atoms with E-state index in [1.807, 2.05) is 6.08 Å². The van der Waals surface area contributed by atoms with Crippen molar-refractivity contribution in [2.24, 2.45) is 0 Å². The third kappa shape index (κ3) is 52.3. The minimum Gasteiger partial charge on any atom is -0.394 e. The van der Waals surface area contributed by atoms with Crippen LogP contribution in [0, 0.1) is 0 Å². The van der Waals surface area contributed by atoms with Gasteiger partial charge in [-0.15, -0.1) is 0 Å². The molecule has 0 aromatic rings. The minimum absolute atomic E-state index is 0.197. The number of carbonyl (C=O) groups is 1. The lowest BCUT2D eigenvalue weighted by molar-refractivity contribution is -0.302. The van der Waals surface area contributed by atoms with Gasteiger partial charge in [-0.1, -0.05) is 322 Å². The van der Waals surface area contributed by atoms with Gasteiger partial charge in [-0.3, -0.25) is 4.79 Å². The van der Waals surface area contributed by atoms with Gasteiger partial charge in [0, 0.05) is 6.42 Å². The normalized spacial score (nSPS) is 18.9. The SMILES string of the molecule is CC/C=C\C/C=C\C/C=C\C/C=C\C/C=C\C/C=C\C/C=C\C/C=C\C/C=C\CCCCCCCC(=O)NC(COC1OC(CO)C(O)C(O)C1O)C(O)/C=C/CCCCCCCCCCCCCCCCCCCCCCCCCCCCC. The second kappa shape index (κ2) is 63.6. The Morgan fingerprint density at radius 2 is 0.729 bits per heavy atom. The molecule has 0 spiro atoms. The number of hydrogen-bond donors (Lipinski definition) is 6. The molecule has 9 heteroatoms. The zero-order valence-electron chi connectivity index (χ0n) is 54.6. The van der Waals surface area contributed by atoms with E-state index in [4.69, 9.17) is 9.47 Å². The van der Waals surface area contributed by atoms with Crippen molar-refractivity contribution < 1.29 is 39.8 Å². The van der Waals surface area contributed by atoms with Crippen LogP contribution >= 0.6 is 0 Å². The van der Waals surface area contributed by atoms with E-state index < -0.39 is 49.5 Å². The van der Waals surface area contributed by atoms with Crippen LogP contribution in [0.2, 0.25) is 0 Å². The van der Waals surface area contributed by atoms with Crippen LogP contribution in [0.15, 0.2) is 122 Å². The van der Waals surface area contributed by atoms with Crippen LogP contribution < -0.4 is 5.32 Å². The van der Waals surface area contributed by atoms with E-state index in [0.717, 1.165) is 116 Å². The van der Waals surface area contributed by atoms with E-state index in [2.05, 4.69) is 129 Å². The molecule has 0 radical (unpaired) electrons. The van der Waals surface area contributed by atoms with Gasteiger partial charge in [0.2, 0.25) is 5.91 Å². The first-order valence-electron chi connectivity index (χ1n) is 35.3. The molecule has 0 aliphatic carbocycles. The summed E-state index contributed by atoms with van der Waals surface area (Å²) in [6.45, 7) is 3.68. The van der Waals surface area contributed by atoms with Gasteiger partial charge in [-0.25, -0.2) is 0 Å². The highest BCUT2D eigenvalue weighted by atomic mass is 16.7. The number of unbranched alkanes of at least 4 members (excludes halogenated alkanes) is 32. The van der Waals surface area contributed by atoms with Gasteiger partial charge in [-0.05, 0) is 89.9 Å². The van der Waals surface area contributed by atoms with E-state index in [0.29, 0.717) is 6.42 Å². The predicted octanol–water partition coefficient (Wildman–Crippen LogP) is 19.4. The van der Waals surface area contributed by atoms with Gasteiger partial charge < -0.3 is 40.3 Å². The number of hydrogen-bond acceptors (Lipinski definition) is 8. The van der Waals surface area contributed by atoms with E-state index in [1.54, 1.807) is 6.08 Å². The van der Waals surface area contributed by atoms with Crippen LogP contribution in [-0.4, -0.2) is 87.5 Å². The smallest absolute Gasteiger partial charge is 0.220 e. The lowest BCUT2D eigenvalue weighted by Crippen LogP contribution is -2.60. The molecule has 9 nitrogen and oxygen atoms in total. The van der Waals surface area contributed by atoms with Crippen molar-refractivity contribution in [3.05, 3.63) is 122 Å². The van der Waals surface area contributed by atoms with Crippen molar-refractivity contribution in [3.63, 3.8) is 0 Å². The Labute approximate surface area is 522 Å². The maximum absolute atomic E-state index is 13.1. The van der Waals surface area contributed by atoms with Crippen molar-refractivity contribution in [1.29, 1.82) is 0 Å². The third-order valence-corrected chi connectivity index (χ3v) is 16.0. The molecule has 1 saturated heterocycles. The molecule has 7 unspecified atom stereocenters. The average Bonchev–Trinajstić information content (AvgIpc) is 3.68. The average molecular weight is 1190 g/mol. The fraction of sp³-hybridized carbons (Fsp3) is 0.724. The van der Waals surface area contributed by atoms with Crippen molar-refractivity contribution >= 4 is 5.91 Å². The Morgan fingerprint density at radius 3 is 1.08 bits per heavy atom. The topological polar surface area (TPSA) is 149 Å². The summed E-state index contributed by atoms with van der Waals surface area (Å²) in [4.78, 5) is 13.1. The molecule has 0 aromatic heterocycles. The fourth-order valence-corrected chi connectivity index (χ4v) is 10.6. The summed E-state index contributed by atoms with van der Waals surface area (Å²) < 4.78 is 11.3. The second-order valence-corrected chi connectivity index (χ2v) is 23.9. The molecule has 1 aliphatic heterocycles. The molecule has 85 heavy (non-hydrogen) atoms. The first-order chi connectivity index (χ1) is 41.8. The van der Waals surface area contributed by atoms with E-state index in [-0.39, 0.29) is 12.5 Å². The van der Waals surface area contributed by atoms with Crippen LogP contribution in [0.1, 0.15) is 296 Å². The highest BCUT2D eigenvalue weighted by Gasteiger charge is 2.44. The number of aliphatic hydroxyl groups is 5. The van der Waals surface area contributed by atoms with Gasteiger partial charge >= 0.3 is 0 Å². The highest BCUT2D eigenvalue weighted by molar-refractivity contribution is 5.76. The summed E-state index contributed by atoms with van der Waals surface area (Å²) in [7, 11) is 0. The Bertz CT molecular complexity index is 1760. The summed E-state index contributed by atoms with van der Waals surface area (Å²) in [6, 6.07) is -0.827. The van der Waals surface area contributed by atoms with Crippen LogP contribution in [0.4, 0.5) is 0 Å². The fourth-order valence-electron chi connectivity index (χ4n) is 10.6. The third-order valence-electron chi connectivity index (χ3n) is 16.0. The number of rotatable bonds is 60. The molecule has 1 rings (SSSR count). The lowest BCUT2D eigenvalue weighted by atomic mass is 9.99. The first-order valence-corrected chi connectivity index (χ1v) is 35.3. The van der Waals surface area contributed by atoms with Crippen LogP contribution in [-0.2, 0) is 14.3 Å². The molecule has 0 bridgehead atoms. The number of carbonyl (C=O) groups excluding carboxylic acids is 1. The summed E-state index contributed by atoms with van der Waals surface area (Å²) in [5.41, 5.74) is 0. The second-order valence-electron chi connectivity index (χ2n) is 23.9. The largest absolute Gasteiger partial charge is 0.394 e. The van der Waals surface area contributed by atoms with E-state index in [1.165, 1.54) is 161 Å². The van der Waals surface area contributed by atoms with Crippen LogP contribution in [0.25, 0.3) is 0 Å². The number of ether oxygens (including phenoxy) is 2. The molecule has 6 N–H and O–H groups in total.